The molecule has 0 saturated carbocycles. The van der Waals surface area contributed by atoms with Gasteiger partial charge in [-0.05, 0) is 31.2 Å². The zero-order valence-electron chi connectivity index (χ0n) is 25.8. The van der Waals surface area contributed by atoms with Crippen molar-refractivity contribution in [2.75, 3.05) is 36.5 Å². The molecule has 3 heterocycles. The van der Waals surface area contributed by atoms with Crippen molar-refractivity contribution in [2.24, 2.45) is 11.8 Å². The molecule has 2 aromatic rings. The second-order valence-corrected chi connectivity index (χ2v) is 18.0. The van der Waals surface area contributed by atoms with E-state index in [4.69, 9.17) is 9.57 Å². The minimum Gasteiger partial charge on any atom is -0.378 e. The summed E-state index contributed by atoms with van der Waals surface area (Å²) >= 11 is 0. The van der Waals surface area contributed by atoms with E-state index in [0.29, 0.717) is 30.8 Å². The molecule has 1 aliphatic heterocycles. The second-order valence-electron chi connectivity index (χ2n) is 12.4. The molecule has 0 bridgehead atoms. The van der Waals surface area contributed by atoms with Gasteiger partial charge in [0.25, 0.3) is 5.56 Å². The van der Waals surface area contributed by atoms with Gasteiger partial charge in [-0.1, -0.05) is 26.6 Å². The van der Waals surface area contributed by atoms with Gasteiger partial charge in [0, 0.05) is 52.6 Å². The summed E-state index contributed by atoms with van der Waals surface area (Å²) < 4.78 is 85.8. The zero-order valence-corrected chi connectivity index (χ0v) is 26.8. The second kappa shape index (κ2) is 14.9. The van der Waals surface area contributed by atoms with E-state index in [9.17, 15) is 35.9 Å². The van der Waals surface area contributed by atoms with Crippen LogP contribution in [0, 0.1) is 11.8 Å². The molecule has 1 fully saturated rings. The van der Waals surface area contributed by atoms with E-state index in [0.717, 1.165) is 24.6 Å². The average molecular weight is 668 g/mol. The van der Waals surface area contributed by atoms with E-state index in [-0.39, 0.29) is 30.8 Å². The maximum atomic E-state index is 13.8. The molecule has 0 radical (unpaired) electrons. The molecular formula is C27H39F6N7O4Si. The van der Waals surface area contributed by atoms with Crippen LogP contribution in [0.2, 0.25) is 25.7 Å². The van der Waals surface area contributed by atoms with Crippen LogP contribution in [0.25, 0.3) is 0 Å². The molecule has 1 amide bonds. The molecule has 1 saturated heterocycles. The molecule has 2 N–H and O–H groups in total. The fourth-order valence-corrected chi connectivity index (χ4v) is 5.39. The predicted octanol–water partition coefficient (Wildman–Crippen LogP) is 4.78. The molecule has 0 spiro atoms. The first-order valence-corrected chi connectivity index (χ1v) is 18.1. The van der Waals surface area contributed by atoms with Crippen LogP contribution in [0.3, 0.4) is 0 Å². The first kappa shape index (κ1) is 36.2. The highest BCUT2D eigenvalue weighted by atomic mass is 28.3. The molecule has 3 rings (SSSR count). The number of amides is 1. The molecule has 3 unspecified atom stereocenters. The summed E-state index contributed by atoms with van der Waals surface area (Å²) in [7, 11) is -1.42. The number of nitrogens with zero attached hydrogens (tertiary/aromatic N) is 5. The number of aromatic nitrogens is 4. The van der Waals surface area contributed by atoms with Crippen molar-refractivity contribution in [3.05, 3.63) is 40.1 Å². The van der Waals surface area contributed by atoms with E-state index in [1.165, 1.54) is 6.92 Å². The van der Waals surface area contributed by atoms with Crippen LogP contribution >= 0.6 is 0 Å². The number of hydrogen-bond acceptors (Lipinski definition) is 9. The topological polar surface area (TPSA) is 124 Å². The Morgan fingerprint density at radius 1 is 1.11 bits per heavy atom. The van der Waals surface area contributed by atoms with Crippen LogP contribution in [-0.4, -0.2) is 66.1 Å². The fraction of sp³-hybridized carbons (Fsp3) is 0.667. The molecule has 0 aliphatic carbocycles. The van der Waals surface area contributed by atoms with Gasteiger partial charge >= 0.3 is 12.4 Å². The van der Waals surface area contributed by atoms with Gasteiger partial charge in [-0.2, -0.15) is 31.4 Å². The number of alkyl halides is 6. The third-order valence-corrected chi connectivity index (χ3v) is 8.94. The summed E-state index contributed by atoms with van der Waals surface area (Å²) in [6.45, 7) is 10.3. The van der Waals surface area contributed by atoms with Crippen molar-refractivity contribution < 1.29 is 40.7 Å². The molecule has 2 aromatic heterocycles. The number of nitrogens with one attached hydrogen (secondary N) is 2. The summed E-state index contributed by atoms with van der Waals surface area (Å²) in [5, 5.41) is 6.40. The van der Waals surface area contributed by atoms with Crippen molar-refractivity contribution in [3.63, 3.8) is 0 Å². The molecule has 18 heteroatoms. The summed E-state index contributed by atoms with van der Waals surface area (Å²) in [6, 6.07) is 0.0311. The number of hydrogen-bond donors (Lipinski definition) is 2. The van der Waals surface area contributed by atoms with E-state index in [1.54, 1.807) is 4.90 Å². The van der Waals surface area contributed by atoms with Crippen LogP contribution in [0.4, 0.5) is 38.0 Å². The highest BCUT2D eigenvalue weighted by molar-refractivity contribution is 6.76. The zero-order chi connectivity index (χ0) is 33.6. The van der Waals surface area contributed by atoms with Crippen molar-refractivity contribution >= 4 is 25.6 Å². The Morgan fingerprint density at radius 3 is 2.36 bits per heavy atom. The lowest BCUT2D eigenvalue weighted by atomic mass is 9.84. The smallest absolute Gasteiger partial charge is 0.378 e. The Morgan fingerprint density at radius 2 is 1.78 bits per heavy atom. The van der Waals surface area contributed by atoms with Crippen LogP contribution < -0.4 is 21.3 Å². The molecule has 252 valence electrons. The normalized spacial score (nSPS) is 18.5. The van der Waals surface area contributed by atoms with E-state index >= 15 is 0 Å². The van der Waals surface area contributed by atoms with Crippen molar-refractivity contribution in [1.82, 2.24) is 25.2 Å². The first-order chi connectivity index (χ1) is 20.8. The number of carbonyl (C=O) groups is 1. The lowest BCUT2D eigenvalue weighted by Gasteiger charge is -2.36. The fourth-order valence-electron chi connectivity index (χ4n) is 4.64. The van der Waals surface area contributed by atoms with Crippen LogP contribution in [-0.2, 0) is 33.5 Å². The largest absolute Gasteiger partial charge is 0.423 e. The Kier molecular flexibility index (Phi) is 12.0. The van der Waals surface area contributed by atoms with Crippen molar-refractivity contribution in [2.45, 2.75) is 77.5 Å². The molecule has 0 aromatic carbocycles. The number of piperidine rings is 1. The predicted molar refractivity (Wildman–Crippen MR) is 156 cm³/mol. The minimum absolute atomic E-state index is 0.0165. The maximum Gasteiger partial charge on any atom is 0.423 e. The lowest BCUT2D eigenvalue weighted by Crippen LogP contribution is -2.42. The third kappa shape index (κ3) is 10.9. The SMILES string of the molecule is CC(CONC(=O)CC1CCN(c2ncc(C(F)(F)F)cn2)CC1C)Nc1cnn(COCC[Si](C)(C)C)c(=O)c1C(F)(F)F. The number of anilines is 2. The van der Waals surface area contributed by atoms with Gasteiger partial charge in [0.15, 0.2) is 0 Å². The van der Waals surface area contributed by atoms with Gasteiger partial charge in [0.05, 0.1) is 24.1 Å². The summed E-state index contributed by atoms with van der Waals surface area (Å²) in [6.07, 6.45) is -6.45. The quantitative estimate of drug-likeness (QED) is 0.134. The van der Waals surface area contributed by atoms with Crippen molar-refractivity contribution in [3.8, 4) is 0 Å². The number of ether oxygens (including phenoxy) is 1. The standard InChI is InChI=1S/C27H39F6N7O4Si/c1-17-14-39(25-34-11-20(12-35-25)26(28,29)30)7-6-19(17)10-22(41)38-44-15-18(2)37-21-13-36-40(16-43-8-9-45(3,4)5)24(42)23(21)27(31,32)33/h11-13,17-19,37H,6-10,14-16H2,1-5H3,(H,38,41). The molecule has 11 nitrogen and oxygen atoms in total. The van der Waals surface area contributed by atoms with Gasteiger partial charge in [0.1, 0.15) is 12.3 Å². The molecule has 3 atom stereocenters. The Hall–Kier alpha value is -3.25. The monoisotopic (exact) mass is 667 g/mol. The number of rotatable bonds is 13. The third-order valence-electron chi connectivity index (χ3n) is 7.24. The summed E-state index contributed by atoms with van der Waals surface area (Å²) in [5.74, 6) is -0.333. The number of halogens is 6. The summed E-state index contributed by atoms with van der Waals surface area (Å²) in [4.78, 5) is 39.7. The van der Waals surface area contributed by atoms with Gasteiger partial charge in [-0.15, -0.1) is 0 Å². The Labute approximate surface area is 257 Å². The van der Waals surface area contributed by atoms with E-state index in [2.05, 4.69) is 45.5 Å². The van der Waals surface area contributed by atoms with Gasteiger partial charge < -0.3 is 15.0 Å². The highest BCUT2D eigenvalue weighted by Crippen LogP contribution is 2.33. The molecule has 45 heavy (non-hydrogen) atoms. The van der Waals surface area contributed by atoms with Crippen LogP contribution in [0.1, 0.15) is 37.8 Å². The summed E-state index contributed by atoms with van der Waals surface area (Å²) in [5.41, 5.74) is -1.92. The maximum absolute atomic E-state index is 13.8. The van der Waals surface area contributed by atoms with E-state index in [1.807, 2.05) is 6.92 Å². The highest BCUT2D eigenvalue weighted by Gasteiger charge is 2.39. The molecular weight excluding hydrogens is 628 g/mol. The van der Waals surface area contributed by atoms with Crippen LogP contribution in [0.5, 0.6) is 0 Å². The van der Waals surface area contributed by atoms with Gasteiger partial charge in [-0.3, -0.25) is 14.4 Å². The first-order valence-electron chi connectivity index (χ1n) is 14.4. The molecule has 1 aliphatic rings. The number of carbonyl (C=O) groups excluding carboxylic acids is 1. The minimum atomic E-state index is -4.96. The van der Waals surface area contributed by atoms with Crippen molar-refractivity contribution in [1.29, 1.82) is 0 Å². The van der Waals surface area contributed by atoms with Gasteiger partial charge in [0.2, 0.25) is 11.9 Å². The Balaban J connectivity index is 1.47. The average Bonchev–Trinajstić information content (AvgIpc) is 2.91. The number of hydroxylamine groups is 1. The van der Waals surface area contributed by atoms with Crippen LogP contribution in [0.15, 0.2) is 23.4 Å². The van der Waals surface area contributed by atoms with Gasteiger partial charge in [-0.25, -0.2) is 20.1 Å². The van der Waals surface area contributed by atoms with E-state index < -0.39 is 61.5 Å². The Bertz CT molecular complexity index is 1340. The lowest BCUT2D eigenvalue weighted by molar-refractivity contribution is -0.139.